The van der Waals surface area contributed by atoms with Gasteiger partial charge in [-0.3, -0.25) is 0 Å². The van der Waals surface area contributed by atoms with Gasteiger partial charge in [-0.1, -0.05) is 35.0 Å². The summed E-state index contributed by atoms with van der Waals surface area (Å²) in [7, 11) is 2.13. The van der Waals surface area contributed by atoms with E-state index in [1.54, 1.807) is 6.07 Å². The number of anilines is 3. The first-order chi connectivity index (χ1) is 14.4. The molecule has 1 aliphatic heterocycles. The molecule has 2 heterocycles. The molecule has 1 aliphatic carbocycles. The maximum Gasteiger partial charge on any atom is 0.166 e. The monoisotopic (exact) mass is 441 g/mol. The van der Waals surface area contributed by atoms with Gasteiger partial charge in [0, 0.05) is 35.1 Å². The number of nitrogen functional groups attached to an aromatic ring is 1. The van der Waals surface area contributed by atoms with Crippen LogP contribution in [0.3, 0.4) is 0 Å². The van der Waals surface area contributed by atoms with E-state index in [0.717, 1.165) is 25.1 Å². The zero-order valence-corrected chi connectivity index (χ0v) is 17.7. The highest BCUT2D eigenvalue weighted by atomic mass is 35.5. The standard InChI is InChI=1S/C22H18Cl2FN5/c1-30-9-13-8-22(13,10-30)5-4-12-6-18-14(7-16(12)26)21(28-11-27-18)29-17-3-2-15(23)19(24)20(17)25/h2-3,6-7,11,13H,8-10,26H2,1H3,(H,27,28,29)/t13-,22+/m1/s1. The lowest BCUT2D eigenvalue weighted by Gasteiger charge is -2.12. The van der Waals surface area contributed by atoms with Gasteiger partial charge in [-0.25, -0.2) is 14.4 Å². The van der Waals surface area contributed by atoms with Gasteiger partial charge >= 0.3 is 0 Å². The van der Waals surface area contributed by atoms with Gasteiger partial charge in [0.1, 0.15) is 12.1 Å². The summed E-state index contributed by atoms with van der Waals surface area (Å²) < 4.78 is 14.4. The van der Waals surface area contributed by atoms with Gasteiger partial charge in [0.15, 0.2) is 5.82 Å². The van der Waals surface area contributed by atoms with Crippen molar-refractivity contribution in [3.63, 3.8) is 0 Å². The highest BCUT2D eigenvalue weighted by Crippen LogP contribution is 2.56. The third-order valence-electron chi connectivity index (χ3n) is 5.86. The van der Waals surface area contributed by atoms with Crippen molar-refractivity contribution >= 4 is 51.3 Å². The number of fused-ring (bicyclic) bond motifs is 2. The van der Waals surface area contributed by atoms with Crippen LogP contribution in [0.4, 0.5) is 21.6 Å². The van der Waals surface area contributed by atoms with E-state index in [4.69, 9.17) is 28.9 Å². The molecule has 152 valence electrons. The Hall–Kier alpha value is -2.59. The SMILES string of the molecule is CN1C[C@H]2C[C@@]2(C#Cc2cc3ncnc(Nc4ccc(Cl)c(Cl)c4F)c3cc2N)C1. The molecule has 1 saturated heterocycles. The first kappa shape index (κ1) is 19.4. The molecule has 0 amide bonds. The molecule has 0 unspecified atom stereocenters. The van der Waals surface area contributed by atoms with Gasteiger partial charge in [0.05, 0.1) is 21.2 Å². The van der Waals surface area contributed by atoms with Crippen molar-refractivity contribution in [2.45, 2.75) is 6.42 Å². The Bertz CT molecular complexity index is 1250. The first-order valence-electron chi connectivity index (χ1n) is 9.53. The summed E-state index contributed by atoms with van der Waals surface area (Å²) in [6.45, 7) is 2.11. The van der Waals surface area contributed by atoms with Gasteiger partial charge in [-0.2, -0.15) is 0 Å². The van der Waals surface area contributed by atoms with E-state index in [-0.39, 0.29) is 21.1 Å². The number of hydrogen-bond acceptors (Lipinski definition) is 5. The van der Waals surface area contributed by atoms with E-state index in [1.807, 2.05) is 6.07 Å². The minimum atomic E-state index is -0.647. The number of likely N-dealkylation sites (tertiary alicyclic amines) is 1. The van der Waals surface area contributed by atoms with Gasteiger partial charge in [0.2, 0.25) is 0 Å². The Labute approximate surface area is 183 Å². The van der Waals surface area contributed by atoms with Crippen LogP contribution in [0.1, 0.15) is 12.0 Å². The maximum absolute atomic E-state index is 14.4. The quantitative estimate of drug-likeness (QED) is 0.342. The Morgan fingerprint density at radius 2 is 2.13 bits per heavy atom. The molecular formula is C22H18Cl2FN5. The zero-order valence-electron chi connectivity index (χ0n) is 16.1. The molecule has 2 aliphatic rings. The highest BCUT2D eigenvalue weighted by Gasteiger charge is 2.58. The van der Waals surface area contributed by atoms with Crippen LogP contribution in [0.25, 0.3) is 10.9 Å². The lowest BCUT2D eigenvalue weighted by Crippen LogP contribution is -2.19. The summed E-state index contributed by atoms with van der Waals surface area (Å²) in [4.78, 5) is 10.9. The fourth-order valence-corrected chi connectivity index (χ4v) is 4.51. The summed E-state index contributed by atoms with van der Waals surface area (Å²) in [5.74, 6) is 7.15. The third kappa shape index (κ3) is 3.24. The second kappa shape index (κ2) is 6.98. The number of nitrogens with zero attached hydrogens (tertiary/aromatic N) is 3. The highest BCUT2D eigenvalue weighted by molar-refractivity contribution is 6.42. The summed E-state index contributed by atoms with van der Waals surface area (Å²) in [6, 6.07) is 6.64. The lowest BCUT2D eigenvalue weighted by atomic mass is 10.0. The van der Waals surface area contributed by atoms with Crippen LogP contribution < -0.4 is 11.1 Å². The van der Waals surface area contributed by atoms with Gasteiger partial charge in [0.25, 0.3) is 0 Å². The fraction of sp³-hybridized carbons (Fsp3) is 0.273. The van der Waals surface area contributed by atoms with Crippen molar-refractivity contribution in [3.8, 4) is 11.8 Å². The molecule has 2 aromatic carbocycles. The minimum Gasteiger partial charge on any atom is -0.398 e. The molecule has 2 atom stereocenters. The van der Waals surface area contributed by atoms with E-state index in [0.29, 0.717) is 28.3 Å². The molecule has 0 bridgehead atoms. The second-order valence-electron chi connectivity index (χ2n) is 8.03. The maximum atomic E-state index is 14.4. The number of nitrogens with two attached hydrogens (primary N) is 1. The smallest absolute Gasteiger partial charge is 0.166 e. The number of rotatable bonds is 2. The normalized spacial score (nSPS) is 22.5. The van der Waals surface area contributed by atoms with Crippen molar-refractivity contribution in [1.29, 1.82) is 0 Å². The van der Waals surface area contributed by atoms with E-state index < -0.39 is 5.82 Å². The molecule has 8 heteroatoms. The van der Waals surface area contributed by atoms with Crippen molar-refractivity contribution in [2.24, 2.45) is 11.3 Å². The average Bonchev–Trinajstić information content (AvgIpc) is 3.28. The average molecular weight is 442 g/mol. The summed E-state index contributed by atoms with van der Waals surface area (Å²) >= 11 is 11.8. The van der Waals surface area contributed by atoms with Crippen LogP contribution >= 0.6 is 23.2 Å². The van der Waals surface area contributed by atoms with Crippen LogP contribution in [0.5, 0.6) is 0 Å². The van der Waals surface area contributed by atoms with Crippen LogP contribution in [-0.2, 0) is 0 Å². The summed E-state index contributed by atoms with van der Waals surface area (Å²) in [5, 5.41) is 3.62. The van der Waals surface area contributed by atoms with E-state index >= 15 is 0 Å². The van der Waals surface area contributed by atoms with Crippen LogP contribution in [0, 0.1) is 29.0 Å². The van der Waals surface area contributed by atoms with E-state index in [1.165, 1.54) is 18.5 Å². The summed E-state index contributed by atoms with van der Waals surface area (Å²) in [5.41, 5.74) is 8.49. The Kier molecular flexibility index (Phi) is 4.51. The Morgan fingerprint density at radius 1 is 1.30 bits per heavy atom. The molecule has 3 N–H and O–H groups in total. The van der Waals surface area contributed by atoms with Gasteiger partial charge in [-0.15, -0.1) is 0 Å². The molecule has 30 heavy (non-hydrogen) atoms. The molecule has 5 rings (SSSR count). The Balaban J connectivity index is 1.50. The zero-order chi connectivity index (χ0) is 21.0. The van der Waals surface area contributed by atoms with E-state index in [2.05, 4.69) is 39.1 Å². The van der Waals surface area contributed by atoms with Gasteiger partial charge < -0.3 is 16.0 Å². The van der Waals surface area contributed by atoms with Crippen LogP contribution in [-0.4, -0.2) is 35.0 Å². The minimum absolute atomic E-state index is 0.111. The van der Waals surface area contributed by atoms with Crippen molar-refractivity contribution in [1.82, 2.24) is 14.9 Å². The molecule has 3 aromatic rings. The largest absolute Gasteiger partial charge is 0.398 e. The number of halogens is 3. The predicted molar refractivity (Wildman–Crippen MR) is 119 cm³/mol. The van der Waals surface area contributed by atoms with Crippen molar-refractivity contribution < 1.29 is 4.39 Å². The number of piperidine rings is 1. The van der Waals surface area contributed by atoms with Gasteiger partial charge in [-0.05, 0) is 43.7 Å². The molecule has 1 aromatic heterocycles. The number of benzene rings is 2. The predicted octanol–water partition coefficient (Wildman–Crippen LogP) is 4.70. The first-order valence-corrected chi connectivity index (χ1v) is 10.3. The van der Waals surface area contributed by atoms with Crippen LogP contribution in [0.2, 0.25) is 10.0 Å². The topological polar surface area (TPSA) is 67.1 Å². The van der Waals surface area contributed by atoms with Crippen molar-refractivity contribution in [2.75, 3.05) is 31.2 Å². The van der Waals surface area contributed by atoms with E-state index in [9.17, 15) is 4.39 Å². The molecule has 2 fully saturated rings. The molecule has 0 radical (unpaired) electrons. The molecule has 5 nitrogen and oxygen atoms in total. The molecule has 1 saturated carbocycles. The number of aromatic nitrogens is 2. The fourth-order valence-electron chi connectivity index (χ4n) is 4.20. The number of nitrogens with one attached hydrogen (secondary N) is 1. The Morgan fingerprint density at radius 3 is 2.90 bits per heavy atom. The molecular weight excluding hydrogens is 424 g/mol. The summed E-state index contributed by atoms with van der Waals surface area (Å²) in [6.07, 6.45) is 2.57. The number of hydrogen-bond donors (Lipinski definition) is 2. The molecule has 0 spiro atoms. The van der Waals surface area contributed by atoms with Crippen LogP contribution in [0.15, 0.2) is 30.6 Å². The third-order valence-corrected chi connectivity index (χ3v) is 6.64. The van der Waals surface area contributed by atoms with Crippen molar-refractivity contribution in [3.05, 3.63) is 52.0 Å². The second-order valence-corrected chi connectivity index (χ2v) is 8.82. The lowest BCUT2D eigenvalue weighted by molar-refractivity contribution is 0.360.